The summed E-state index contributed by atoms with van der Waals surface area (Å²) in [4.78, 5) is 10.2. The molecule has 19 heavy (non-hydrogen) atoms. The topological polar surface area (TPSA) is 55.2 Å². The maximum atomic E-state index is 10.6. The number of hydrogen-bond acceptors (Lipinski definition) is 3. The lowest BCUT2D eigenvalue weighted by Crippen LogP contribution is -2.23. The number of anilines is 1. The highest BCUT2D eigenvalue weighted by Crippen LogP contribution is 2.21. The van der Waals surface area contributed by atoms with Crippen LogP contribution in [0.4, 0.5) is 11.4 Å². The molecule has 0 radical (unpaired) electrons. The third-order valence-electron chi connectivity index (χ3n) is 2.96. The van der Waals surface area contributed by atoms with Crippen LogP contribution in [0, 0.1) is 22.0 Å². The molecule has 0 heterocycles. The van der Waals surface area contributed by atoms with Gasteiger partial charge in [-0.15, -0.1) is 0 Å². The lowest BCUT2D eigenvalue weighted by atomic mass is 9.95. The summed E-state index contributed by atoms with van der Waals surface area (Å²) in [5, 5.41) is 14.1. The quantitative estimate of drug-likeness (QED) is 0.584. The van der Waals surface area contributed by atoms with Gasteiger partial charge in [-0.2, -0.15) is 0 Å². The summed E-state index contributed by atoms with van der Waals surface area (Å²) in [5.74, 6) is 1.27. The maximum Gasteiger partial charge on any atom is 0.269 e. The monoisotopic (exact) mass is 264 g/mol. The predicted molar refractivity (Wildman–Crippen MR) is 79.4 cm³/mol. The van der Waals surface area contributed by atoms with Gasteiger partial charge >= 0.3 is 0 Å². The van der Waals surface area contributed by atoms with Crippen LogP contribution in [-0.4, -0.2) is 11.0 Å². The molecule has 0 spiro atoms. The Balaban J connectivity index is 2.69. The molecule has 0 saturated carbocycles. The Morgan fingerprint density at radius 3 is 1.89 bits per heavy atom. The van der Waals surface area contributed by atoms with Crippen molar-refractivity contribution in [3.05, 3.63) is 34.4 Å². The van der Waals surface area contributed by atoms with E-state index in [1.807, 2.05) is 0 Å². The van der Waals surface area contributed by atoms with E-state index < -0.39 is 0 Å². The van der Waals surface area contributed by atoms with Crippen LogP contribution in [0.1, 0.15) is 40.5 Å². The second-order valence-electron chi connectivity index (χ2n) is 5.90. The average Bonchev–Trinajstić information content (AvgIpc) is 2.27. The van der Waals surface area contributed by atoms with E-state index in [9.17, 15) is 10.1 Å². The average molecular weight is 264 g/mol. The third-order valence-corrected chi connectivity index (χ3v) is 2.96. The fourth-order valence-corrected chi connectivity index (χ4v) is 2.27. The van der Waals surface area contributed by atoms with E-state index in [0.717, 1.165) is 18.5 Å². The summed E-state index contributed by atoms with van der Waals surface area (Å²) in [7, 11) is 0. The number of nitrogens with one attached hydrogen (secondary N) is 1. The highest BCUT2D eigenvalue weighted by molar-refractivity contribution is 5.49. The molecule has 4 heteroatoms. The van der Waals surface area contributed by atoms with Crippen molar-refractivity contribution in [1.82, 2.24) is 0 Å². The van der Waals surface area contributed by atoms with Crippen LogP contribution in [0.15, 0.2) is 24.3 Å². The van der Waals surface area contributed by atoms with Crippen molar-refractivity contribution in [2.24, 2.45) is 11.8 Å². The van der Waals surface area contributed by atoms with Gasteiger partial charge in [-0.3, -0.25) is 10.1 Å². The Morgan fingerprint density at radius 2 is 1.53 bits per heavy atom. The molecular formula is C15H24N2O2. The summed E-state index contributed by atoms with van der Waals surface area (Å²) < 4.78 is 0. The molecule has 0 unspecified atom stereocenters. The molecule has 0 aliphatic heterocycles. The van der Waals surface area contributed by atoms with Crippen LogP contribution >= 0.6 is 0 Å². The summed E-state index contributed by atoms with van der Waals surface area (Å²) in [6, 6.07) is 7.08. The first-order chi connectivity index (χ1) is 8.88. The number of nitro benzene ring substituents is 1. The highest BCUT2D eigenvalue weighted by atomic mass is 16.6. The Labute approximate surface area is 115 Å². The first-order valence-corrected chi connectivity index (χ1v) is 6.89. The summed E-state index contributed by atoms with van der Waals surface area (Å²) in [6.07, 6.45) is 2.21. The standard InChI is InChI=1S/C15H24N2O2/c1-11(2)9-14(10-12(3)4)16-13-5-7-15(8-6-13)17(18)19/h5-8,11-12,14,16H,9-10H2,1-4H3. The number of nitrogens with zero attached hydrogens (tertiary/aromatic N) is 1. The fourth-order valence-electron chi connectivity index (χ4n) is 2.27. The molecule has 1 aromatic carbocycles. The smallest absolute Gasteiger partial charge is 0.269 e. The number of nitro groups is 1. The Morgan fingerprint density at radius 1 is 1.05 bits per heavy atom. The maximum absolute atomic E-state index is 10.6. The zero-order valence-electron chi connectivity index (χ0n) is 12.2. The van der Waals surface area contributed by atoms with Gasteiger partial charge < -0.3 is 5.32 Å². The molecule has 106 valence electrons. The minimum atomic E-state index is -0.372. The highest BCUT2D eigenvalue weighted by Gasteiger charge is 2.13. The van der Waals surface area contributed by atoms with Crippen molar-refractivity contribution >= 4 is 11.4 Å². The zero-order valence-corrected chi connectivity index (χ0v) is 12.2. The minimum Gasteiger partial charge on any atom is -0.382 e. The molecule has 0 atom stereocenters. The van der Waals surface area contributed by atoms with Gasteiger partial charge in [-0.05, 0) is 36.8 Å². The number of non-ortho nitro benzene ring substituents is 1. The van der Waals surface area contributed by atoms with E-state index in [4.69, 9.17) is 0 Å². The summed E-state index contributed by atoms with van der Waals surface area (Å²) in [5.41, 5.74) is 1.09. The molecule has 0 bridgehead atoms. The molecule has 0 fully saturated rings. The first kappa shape index (κ1) is 15.5. The molecule has 0 amide bonds. The molecule has 1 rings (SSSR count). The summed E-state index contributed by atoms with van der Waals surface area (Å²) in [6.45, 7) is 8.85. The molecule has 4 nitrogen and oxygen atoms in total. The van der Waals surface area contributed by atoms with Gasteiger partial charge in [0.1, 0.15) is 0 Å². The Kier molecular flexibility index (Phi) is 5.80. The van der Waals surface area contributed by atoms with Crippen LogP contribution < -0.4 is 5.32 Å². The van der Waals surface area contributed by atoms with Crippen LogP contribution in [0.25, 0.3) is 0 Å². The number of benzene rings is 1. The van der Waals surface area contributed by atoms with Gasteiger partial charge in [-0.25, -0.2) is 0 Å². The van der Waals surface area contributed by atoms with Crippen molar-refractivity contribution in [2.45, 2.75) is 46.6 Å². The van der Waals surface area contributed by atoms with Gasteiger partial charge in [0.15, 0.2) is 0 Å². The number of hydrogen-bond donors (Lipinski definition) is 1. The van der Waals surface area contributed by atoms with Gasteiger partial charge in [0.2, 0.25) is 0 Å². The van der Waals surface area contributed by atoms with Gasteiger partial charge in [0.25, 0.3) is 5.69 Å². The second kappa shape index (κ2) is 7.12. The molecule has 0 saturated heterocycles. The van der Waals surface area contributed by atoms with Crippen LogP contribution in [0.2, 0.25) is 0 Å². The van der Waals surface area contributed by atoms with Crippen molar-refractivity contribution in [3.63, 3.8) is 0 Å². The van der Waals surface area contributed by atoms with E-state index in [1.54, 1.807) is 24.3 Å². The van der Waals surface area contributed by atoms with Crippen LogP contribution in [0.3, 0.4) is 0 Å². The third kappa shape index (κ3) is 5.73. The van der Waals surface area contributed by atoms with Crippen molar-refractivity contribution in [3.8, 4) is 0 Å². The fraction of sp³-hybridized carbons (Fsp3) is 0.600. The molecule has 0 aliphatic rings. The second-order valence-corrected chi connectivity index (χ2v) is 5.90. The normalized spacial score (nSPS) is 11.3. The van der Waals surface area contributed by atoms with Crippen molar-refractivity contribution < 1.29 is 4.92 Å². The largest absolute Gasteiger partial charge is 0.382 e. The molecule has 0 aromatic heterocycles. The summed E-state index contributed by atoms with van der Waals surface area (Å²) >= 11 is 0. The van der Waals surface area contributed by atoms with Crippen molar-refractivity contribution in [2.75, 3.05) is 5.32 Å². The van der Waals surface area contributed by atoms with Gasteiger partial charge in [0, 0.05) is 23.9 Å². The molecule has 1 N–H and O–H groups in total. The van der Waals surface area contributed by atoms with E-state index >= 15 is 0 Å². The SMILES string of the molecule is CC(C)CC(CC(C)C)Nc1ccc([N+](=O)[O-])cc1. The zero-order chi connectivity index (χ0) is 14.4. The predicted octanol–water partition coefficient (Wildman–Crippen LogP) is 4.47. The molecule has 1 aromatic rings. The Bertz CT molecular complexity index is 389. The van der Waals surface area contributed by atoms with Crippen molar-refractivity contribution in [1.29, 1.82) is 0 Å². The van der Waals surface area contributed by atoms with Gasteiger partial charge in [-0.1, -0.05) is 27.7 Å². The minimum absolute atomic E-state index is 0.134. The van der Waals surface area contributed by atoms with E-state index in [-0.39, 0.29) is 10.6 Å². The van der Waals surface area contributed by atoms with Crippen LogP contribution in [0.5, 0.6) is 0 Å². The molecule has 0 aliphatic carbocycles. The number of rotatable bonds is 7. The first-order valence-electron chi connectivity index (χ1n) is 6.89. The lowest BCUT2D eigenvalue weighted by molar-refractivity contribution is -0.384. The lowest BCUT2D eigenvalue weighted by Gasteiger charge is -2.23. The van der Waals surface area contributed by atoms with Crippen LogP contribution in [-0.2, 0) is 0 Å². The van der Waals surface area contributed by atoms with E-state index in [1.165, 1.54) is 0 Å². The Hall–Kier alpha value is -1.58. The molecular weight excluding hydrogens is 240 g/mol. The van der Waals surface area contributed by atoms with E-state index in [2.05, 4.69) is 33.0 Å². The van der Waals surface area contributed by atoms with E-state index in [0.29, 0.717) is 17.9 Å². The van der Waals surface area contributed by atoms with Gasteiger partial charge in [0.05, 0.1) is 4.92 Å².